The molecule has 92 valence electrons. The van der Waals surface area contributed by atoms with E-state index < -0.39 is 11.9 Å². The molecule has 0 saturated carbocycles. The number of rotatable bonds is 3. The Morgan fingerprint density at radius 1 is 1.22 bits per heavy atom. The van der Waals surface area contributed by atoms with Gasteiger partial charge in [-0.05, 0) is 6.07 Å². The maximum Gasteiger partial charge on any atom is 0.374 e. The molecule has 1 aromatic heterocycles. The average molecular weight is 246 g/mol. The predicted molar refractivity (Wildman–Crippen MR) is 62.4 cm³/mol. The van der Waals surface area contributed by atoms with Gasteiger partial charge in [0.05, 0.1) is 7.11 Å². The molecule has 0 aliphatic rings. The Morgan fingerprint density at radius 2 is 1.89 bits per heavy atom. The van der Waals surface area contributed by atoms with Crippen molar-refractivity contribution in [1.82, 2.24) is 0 Å². The summed E-state index contributed by atoms with van der Waals surface area (Å²) in [4.78, 5) is 22.4. The van der Waals surface area contributed by atoms with Crippen LogP contribution in [0.4, 0.5) is 0 Å². The first-order chi connectivity index (χ1) is 8.63. The lowest BCUT2D eigenvalue weighted by atomic mass is 10.1. The molecule has 1 N–H and O–H groups in total. The molecule has 5 heteroatoms. The minimum Gasteiger partial charge on any atom is -0.478 e. The average Bonchev–Trinajstić information content (AvgIpc) is 2.84. The molecule has 0 radical (unpaired) electrons. The molecule has 0 fully saturated rings. The highest BCUT2D eigenvalue weighted by molar-refractivity contribution is 6.01. The lowest BCUT2D eigenvalue weighted by Gasteiger charge is -1.96. The van der Waals surface area contributed by atoms with E-state index in [9.17, 15) is 9.59 Å². The van der Waals surface area contributed by atoms with Gasteiger partial charge < -0.3 is 14.3 Å². The topological polar surface area (TPSA) is 76.7 Å². The summed E-state index contributed by atoms with van der Waals surface area (Å²) in [5, 5.41) is 9.00. The summed E-state index contributed by atoms with van der Waals surface area (Å²) in [6.07, 6.45) is 0. The van der Waals surface area contributed by atoms with Crippen molar-refractivity contribution in [3.8, 4) is 11.3 Å². The normalized spacial score (nSPS) is 10.1. The van der Waals surface area contributed by atoms with Crippen molar-refractivity contribution in [2.24, 2.45) is 0 Å². The number of ether oxygens (including phenoxy) is 1. The lowest BCUT2D eigenvalue weighted by Crippen LogP contribution is -2.06. The fraction of sp³-hybridized carbons (Fsp3) is 0.0769. The van der Waals surface area contributed by atoms with Crippen LogP contribution in [0.2, 0.25) is 0 Å². The molecule has 2 aromatic rings. The van der Waals surface area contributed by atoms with Crippen molar-refractivity contribution >= 4 is 11.9 Å². The Bertz CT molecular complexity index is 583. The molecule has 0 atom stereocenters. The Hall–Kier alpha value is -2.56. The summed E-state index contributed by atoms with van der Waals surface area (Å²) < 4.78 is 9.74. The third-order valence-corrected chi connectivity index (χ3v) is 2.39. The zero-order valence-corrected chi connectivity index (χ0v) is 9.54. The number of esters is 1. The van der Waals surface area contributed by atoms with E-state index in [-0.39, 0.29) is 11.3 Å². The Balaban J connectivity index is 2.53. The van der Waals surface area contributed by atoms with Gasteiger partial charge in [-0.3, -0.25) is 0 Å². The second kappa shape index (κ2) is 4.75. The zero-order chi connectivity index (χ0) is 13.1. The van der Waals surface area contributed by atoms with Crippen molar-refractivity contribution in [3.05, 3.63) is 47.7 Å². The first-order valence-corrected chi connectivity index (χ1v) is 5.14. The molecule has 0 unspecified atom stereocenters. The molecular weight excluding hydrogens is 236 g/mol. The summed E-state index contributed by atoms with van der Waals surface area (Å²) in [7, 11) is 1.17. The second-order valence-electron chi connectivity index (χ2n) is 3.52. The molecule has 2 rings (SSSR count). The van der Waals surface area contributed by atoms with Crippen molar-refractivity contribution in [2.75, 3.05) is 7.11 Å². The van der Waals surface area contributed by atoms with Gasteiger partial charge in [0.1, 0.15) is 11.3 Å². The number of carboxylic acids is 1. The van der Waals surface area contributed by atoms with E-state index in [0.717, 1.165) is 0 Å². The van der Waals surface area contributed by atoms with Crippen LogP contribution < -0.4 is 0 Å². The number of aromatic carboxylic acids is 1. The third-order valence-electron chi connectivity index (χ3n) is 2.39. The summed E-state index contributed by atoms with van der Waals surface area (Å²) >= 11 is 0. The van der Waals surface area contributed by atoms with E-state index in [2.05, 4.69) is 4.74 Å². The van der Waals surface area contributed by atoms with Crippen LogP contribution in [0.3, 0.4) is 0 Å². The highest BCUT2D eigenvalue weighted by Crippen LogP contribution is 2.26. The Labute approximate surface area is 103 Å². The van der Waals surface area contributed by atoms with Gasteiger partial charge in [0.25, 0.3) is 0 Å². The second-order valence-corrected chi connectivity index (χ2v) is 3.52. The highest BCUT2D eigenvalue weighted by Gasteiger charge is 2.24. The maximum atomic E-state index is 11.4. The number of furan rings is 1. The minimum absolute atomic E-state index is 0.208. The van der Waals surface area contributed by atoms with Gasteiger partial charge in [0, 0.05) is 5.56 Å². The van der Waals surface area contributed by atoms with E-state index in [4.69, 9.17) is 9.52 Å². The number of benzene rings is 1. The maximum absolute atomic E-state index is 11.4. The highest BCUT2D eigenvalue weighted by atomic mass is 16.5. The molecule has 5 nitrogen and oxygen atoms in total. The minimum atomic E-state index is -1.23. The first-order valence-electron chi connectivity index (χ1n) is 5.14. The molecule has 18 heavy (non-hydrogen) atoms. The first kappa shape index (κ1) is 11.9. The molecule has 0 amide bonds. The van der Waals surface area contributed by atoms with Crippen LogP contribution in [-0.4, -0.2) is 24.2 Å². The summed E-state index contributed by atoms with van der Waals surface area (Å²) in [6, 6.07) is 10.2. The lowest BCUT2D eigenvalue weighted by molar-refractivity contribution is 0.0548. The molecule has 0 bridgehead atoms. The van der Waals surface area contributed by atoms with Gasteiger partial charge in [-0.2, -0.15) is 0 Å². The summed E-state index contributed by atoms with van der Waals surface area (Å²) in [5.74, 6) is -2.03. The van der Waals surface area contributed by atoms with Crippen LogP contribution in [0.25, 0.3) is 11.3 Å². The van der Waals surface area contributed by atoms with Crippen LogP contribution in [0, 0.1) is 0 Å². The fourth-order valence-electron chi connectivity index (χ4n) is 1.54. The van der Waals surface area contributed by atoms with Crippen LogP contribution >= 0.6 is 0 Å². The number of carbonyl (C=O) groups excluding carboxylic acids is 1. The number of hydrogen-bond acceptors (Lipinski definition) is 4. The van der Waals surface area contributed by atoms with Gasteiger partial charge in [-0.15, -0.1) is 0 Å². The van der Waals surface area contributed by atoms with Crippen LogP contribution in [0.5, 0.6) is 0 Å². The SMILES string of the molecule is COC(=O)c1oc(-c2ccccc2)cc1C(=O)O. The van der Waals surface area contributed by atoms with Crippen molar-refractivity contribution < 1.29 is 23.8 Å². The molecule has 1 heterocycles. The fourth-order valence-corrected chi connectivity index (χ4v) is 1.54. The van der Waals surface area contributed by atoms with E-state index in [1.165, 1.54) is 13.2 Å². The largest absolute Gasteiger partial charge is 0.478 e. The van der Waals surface area contributed by atoms with E-state index >= 15 is 0 Å². The van der Waals surface area contributed by atoms with Crippen LogP contribution in [-0.2, 0) is 4.74 Å². The predicted octanol–water partition coefficient (Wildman–Crippen LogP) is 2.43. The molecule has 0 spiro atoms. The van der Waals surface area contributed by atoms with Crippen molar-refractivity contribution in [1.29, 1.82) is 0 Å². The van der Waals surface area contributed by atoms with Gasteiger partial charge in [-0.25, -0.2) is 9.59 Å². The van der Waals surface area contributed by atoms with Crippen molar-refractivity contribution in [3.63, 3.8) is 0 Å². The van der Waals surface area contributed by atoms with Gasteiger partial charge in [0.15, 0.2) is 0 Å². The summed E-state index contributed by atoms with van der Waals surface area (Å²) in [6.45, 7) is 0. The standard InChI is InChI=1S/C13H10O5/c1-17-13(16)11-9(12(14)15)7-10(18-11)8-5-3-2-4-6-8/h2-7H,1H3,(H,14,15). The molecule has 0 aliphatic heterocycles. The number of carbonyl (C=O) groups is 2. The van der Waals surface area contributed by atoms with Gasteiger partial charge in [-0.1, -0.05) is 30.3 Å². The zero-order valence-electron chi connectivity index (χ0n) is 9.54. The quantitative estimate of drug-likeness (QED) is 0.841. The number of carboxylic acid groups (broad SMARTS) is 1. The Kier molecular flexibility index (Phi) is 3.14. The number of hydrogen-bond donors (Lipinski definition) is 1. The smallest absolute Gasteiger partial charge is 0.374 e. The Morgan fingerprint density at radius 3 is 2.44 bits per heavy atom. The third kappa shape index (κ3) is 2.10. The van der Waals surface area contributed by atoms with Crippen LogP contribution in [0.1, 0.15) is 20.9 Å². The monoisotopic (exact) mass is 246 g/mol. The summed E-state index contributed by atoms with van der Waals surface area (Å²) in [5.41, 5.74) is 0.482. The van der Waals surface area contributed by atoms with E-state index in [1.54, 1.807) is 24.3 Å². The molecule has 0 aliphatic carbocycles. The van der Waals surface area contributed by atoms with Crippen molar-refractivity contribution in [2.45, 2.75) is 0 Å². The number of methoxy groups -OCH3 is 1. The van der Waals surface area contributed by atoms with Crippen LogP contribution in [0.15, 0.2) is 40.8 Å². The molecule has 0 saturated heterocycles. The molecular formula is C13H10O5. The van der Waals surface area contributed by atoms with Gasteiger partial charge in [0.2, 0.25) is 5.76 Å². The van der Waals surface area contributed by atoms with Gasteiger partial charge >= 0.3 is 11.9 Å². The molecule has 1 aromatic carbocycles. The van der Waals surface area contributed by atoms with E-state index in [1.807, 2.05) is 6.07 Å². The van der Waals surface area contributed by atoms with E-state index in [0.29, 0.717) is 11.3 Å².